The molecule has 3 heterocycles. The number of halogens is 3. The lowest BCUT2D eigenvalue weighted by molar-refractivity contribution is 0.264. The molecule has 1 aliphatic carbocycles. The minimum absolute atomic E-state index is 0.186. The van der Waals surface area contributed by atoms with Gasteiger partial charge < -0.3 is 19.5 Å². The normalized spacial score (nSPS) is 17.2. The lowest BCUT2D eigenvalue weighted by Crippen LogP contribution is -2.34. The predicted molar refractivity (Wildman–Crippen MR) is 133 cm³/mol. The van der Waals surface area contributed by atoms with Gasteiger partial charge in [-0.2, -0.15) is 4.98 Å². The van der Waals surface area contributed by atoms with E-state index in [1.165, 1.54) is 43.7 Å². The van der Waals surface area contributed by atoms with Crippen LogP contribution in [0.3, 0.4) is 0 Å². The SMILES string of the molecule is CN1c2nc(Nc3ccc(-n4cnc(CC5CCC5)c4)c(F)c3)ncc2OCC1c1cc(F)cc(F)c1. The number of nitrogens with zero attached hydrogens (tertiary/aromatic N) is 5. The highest BCUT2D eigenvalue weighted by Gasteiger charge is 2.29. The number of benzene rings is 2. The summed E-state index contributed by atoms with van der Waals surface area (Å²) in [6.45, 7) is 0.186. The number of ether oxygens (including phenoxy) is 1. The smallest absolute Gasteiger partial charge is 0.229 e. The van der Waals surface area contributed by atoms with E-state index in [-0.39, 0.29) is 12.6 Å². The third-order valence-electron chi connectivity index (χ3n) is 7.04. The largest absolute Gasteiger partial charge is 0.486 e. The number of hydrogen-bond donors (Lipinski definition) is 1. The van der Waals surface area contributed by atoms with Gasteiger partial charge in [-0.15, -0.1) is 0 Å². The third kappa shape index (κ3) is 4.71. The highest BCUT2D eigenvalue weighted by molar-refractivity contribution is 5.61. The Bertz CT molecular complexity index is 1430. The van der Waals surface area contributed by atoms with E-state index >= 15 is 4.39 Å². The van der Waals surface area contributed by atoms with Crippen LogP contribution in [0.4, 0.5) is 30.6 Å². The van der Waals surface area contributed by atoms with Gasteiger partial charge in [0.2, 0.25) is 5.95 Å². The summed E-state index contributed by atoms with van der Waals surface area (Å²) in [5, 5.41) is 3.02. The first-order valence-electron chi connectivity index (χ1n) is 12.2. The summed E-state index contributed by atoms with van der Waals surface area (Å²) in [7, 11) is 1.77. The summed E-state index contributed by atoms with van der Waals surface area (Å²) in [6, 6.07) is 7.74. The first kappa shape index (κ1) is 23.3. The Morgan fingerprint density at radius 1 is 1.05 bits per heavy atom. The number of hydrogen-bond acceptors (Lipinski definition) is 6. The zero-order chi connectivity index (χ0) is 25.5. The van der Waals surface area contributed by atoms with Crippen molar-refractivity contribution < 1.29 is 17.9 Å². The van der Waals surface area contributed by atoms with Crippen LogP contribution in [-0.4, -0.2) is 33.2 Å². The van der Waals surface area contributed by atoms with Crippen molar-refractivity contribution in [3.05, 3.63) is 83.8 Å². The molecular formula is C27H25F3N6O. The number of fused-ring (bicyclic) bond motifs is 1. The molecule has 0 spiro atoms. The van der Waals surface area contributed by atoms with Gasteiger partial charge in [-0.05, 0) is 48.2 Å². The van der Waals surface area contributed by atoms with Crippen molar-refractivity contribution in [2.75, 3.05) is 23.9 Å². The third-order valence-corrected chi connectivity index (χ3v) is 7.04. The lowest BCUT2D eigenvalue weighted by atomic mass is 9.82. The van der Waals surface area contributed by atoms with Crippen LogP contribution in [0, 0.1) is 23.4 Å². The molecule has 1 aliphatic heterocycles. The fraction of sp³-hybridized carbons (Fsp3) is 0.296. The van der Waals surface area contributed by atoms with Crippen LogP contribution in [0.15, 0.2) is 55.1 Å². The van der Waals surface area contributed by atoms with Gasteiger partial charge in [0.25, 0.3) is 0 Å². The summed E-state index contributed by atoms with van der Waals surface area (Å²) >= 11 is 0. The Morgan fingerprint density at radius 3 is 2.59 bits per heavy atom. The molecule has 37 heavy (non-hydrogen) atoms. The number of anilines is 3. The van der Waals surface area contributed by atoms with E-state index in [0.717, 1.165) is 18.2 Å². The fourth-order valence-corrected chi connectivity index (χ4v) is 4.81. The Morgan fingerprint density at radius 2 is 1.86 bits per heavy atom. The van der Waals surface area contributed by atoms with Crippen LogP contribution in [0.25, 0.3) is 5.69 Å². The molecule has 2 aromatic heterocycles. The van der Waals surface area contributed by atoms with Crippen LogP contribution in [0.2, 0.25) is 0 Å². The van der Waals surface area contributed by atoms with Crippen LogP contribution in [0.1, 0.15) is 36.6 Å². The van der Waals surface area contributed by atoms with E-state index in [1.54, 1.807) is 35.0 Å². The number of aromatic nitrogens is 4. The summed E-state index contributed by atoms with van der Waals surface area (Å²) in [5.74, 6) is 0.0894. The molecule has 6 rings (SSSR count). The van der Waals surface area contributed by atoms with E-state index in [0.29, 0.717) is 34.4 Å². The summed E-state index contributed by atoms with van der Waals surface area (Å²) in [4.78, 5) is 15.0. The molecule has 1 unspecified atom stereocenters. The Balaban J connectivity index is 1.19. The maximum Gasteiger partial charge on any atom is 0.229 e. The van der Waals surface area contributed by atoms with E-state index in [2.05, 4.69) is 20.3 Å². The molecule has 0 radical (unpaired) electrons. The molecule has 1 N–H and O–H groups in total. The molecule has 2 aromatic carbocycles. The summed E-state index contributed by atoms with van der Waals surface area (Å²) in [5.41, 5.74) is 2.29. The van der Waals surface area contributed by atoms with Gasteiger partial charge in [-0.25, -0.2) is 23.1 Å². The van der Waals surface area contributed by atoms with Gasteiger partial charge in [0.15, 0.2) is 11.6 Å². The monoisotopic (exact) mass is 506 g/mol. The average molecular weight is 507 g/mol. The molecule has 1 atom stereocenters. The second kappa shape index (κ2) is 9.42. The van der Waals surface area contributed by atoms with Crippen molar-refractivity contribution in [1.29, 1.82) is 0 Å². The van der Waals surface area contributed by atoms with Gasteiger partial charge in [-0.3, -0.25) is 0 Å². The molecule has 4 aromatic rings. The van der Waals surface area contributed by atoms with Gasteiger partial charge in [-0.1, -0.05) is 19.3 Å². The van der Waals surface area contributed by atoms with Gasteiger partial charge in [0.05, 0.1) is 29.9 Å². The van der Waals surface area contributed by atoms with Crippen LogP contribution < -0.4 is 15.0 Å². The number of rotatable bonds is 6. The molecule has 2 aliphatic rings. The Hall–Kier alpha value is -4.08. The van der Waals surface area contributed by atoms with E-state index < -0.39 is 23.5 Å². The second-order valence-electron chi connectivity index (χ2n) is 9.59. The molecule has 10 heteroatoms. The van der Waals surface area contributed by atoms with Gasteiger partial charge >= 0.3 is 0 Å². The van der Waals surface area contributed by atoms with Crippen LogP contribution in [0.5, 0.6) is 5.75 Å². The quantitative estimate of drug-likeness (QED) is 0.360. The van der Waals surface area contributed by atoms with Crippen molar-refractivity contribution in [1.82, 2.24) is 19.5 Å². The van der Waals surface area contributed by atoms with Gasteiger partial charge in [0.1, 0.15) is 24.1 Å². The molecule has 190 valence electrons. The maximum absolute atomic E-state index is 15.0. The van der Waals surface area contributed by atoms with E-state index in [9.17, 15) is 8.78 Å². The number of imidazole rings is 1. The van der Waals surface area contributed by atoms with Crippen molar-refractivity contribution in [3.8, 4) is 11.4 Å². The number of likely N-dealkylation sites (N-methyl/N-ethyl adjacent to an activating group) is 1. The first-order valence-corrected chi connectivity index (χ1v) is 12.2. The minimum atomic E-state index is -0.657. The molecule has 0 saturated heterocycles. The fourth-order valence-electron chi connectivity index (χ4n) is 4.81. The zero-order valence-corrected chi connectivity index (χ0v) is 20.2. The molecule has 1 saturated carbocycles. The topological polar surface area (TPSA) is 68.1 Å². The highest BCUT2D eigenvalue weighted by Crippen LogP contribution is 2.37. The highest BCUT2D eigenvalue weighted by atomic mass is 19.1. The van der Waals surface area contributed by atoms with E-state index in [4.69, 9.17) is 4.74 Å². The van der Waals surface area contributed by atoms with Gasteiger partial charge in [0, 0.05) is 25.0 Å². The summed E-state index contributed by atoms with van der Waals surface area (Å²) in [6.07, 6.45) is 9.71. The average Bonchev–Trinajstić information content (AvgIpc) is 3.30. The predicted octanol–water partition coefficient (Wildman–Crippen LogP) is 5.74. The Labute approximate surface area is 212 Å². The molecular weight excluding hydrogens is 481 g/mol. The zero-order valence-electron chi connectivity index (χ0n) is 20.2. The minimum Gasteiger partial charge on any atom is -0.486 e. The summed E-state index contributed by atoms with van der Waals surface area (Å²) < 4.78 is 50.0. The molecule has 0 amide bonds. The van der Waals surface area contributed by atoms with Crippen LogP contribution >= 0.6 is 0 Å². The van der Waals surface area contributed by atoms with Crippen molar-refractivity contribution >= 4 is 17.5 Å². The maximum atomic E-state index is 15.0. The van der Waals surface area contributed by atoms with Crippen molar-refractivity contribution in [3.63, 3.8) is 0 Å². The molecule has 1 fully saturated rings. The molecule has 0 bridgehead atoms. The van der Waals surface area contributed by atoms with Crippen LogP contribution in [-0.2, 0) is 6.42 Å². The van der Waals surface area contributed by atoms with Crippen molar-refractivity contribution in [2.45, 2.75) is 31.7 Å². The Kier molecular flexibility index (Phi) is 5.94. The van der Waals surface area contributed by atoms with Crippen molar-refractivity contribution in [2.24, 2.45) is 5.92 Å². The van der Waals surface area contributed by atoms with E-state index in [1.807, 2.05) is 6.20 Å². The standard InChI is InChI=1S/C27H25F3N6O/c1-35-24(17-8-18(28)10-19(29)9-17)14-37-25-12-31-27(34-26(25)35)33-20-5-6-23(22(30)11-20)36-13-21(32-15-36)7-16-3-2-4-16/h5-6,8-13,15-16,24H,2-4,7,14H2,1H3,(H,31,33,34). The first-order chi connectivity index (χ1) is 17.9. The second-order valence-corrected chi connectivity index (χ2v) is 9.59. The number of nitrogens with one attached hydrogen (secondary N) is 1. The lowest BCUT2D eigenvalue weighted by Gasteiger charge is -2.35. The molecule has 7 nitrogen and oxygen atoms in total.